The summed E-state index contributed by atoms with van der Waals surface area (Å²) in [5.41, 5.74) is 4.17. The van der Waals surface area contributed by atoms with E-state index in [1.54, 1.807) is 11.3 Å². The molecule has 2 rings (SSSR count). The third kappa shape index (κ3) is 4.79. The molecule has 0 saturated heterocycles. The Morgan fingerprint density at radius 3 is 2.57 bits per heavy atom. The van der Waals surface area contributed by atoms with Gasteiger partial charge in [-0.25, -0.2) is 4.98 Å². The van der Waals surface area contributed by atoms with Crippen molar-refractivity contribution in [2.24, 2.45) is 16.7 Å². The molecule has 0 unspecified atom stereocenters. The first-order valence-corrected chi connectivity index (χ1v) is 9.47. The highest BCUT2D eigenvalue weighted by atomic mass is 32.1. The molecule has 1 aliphatic carbocycles. The smallest absolute Gasteiger partial charge is 0.0794 e. The maximum Gasteiger partial charge on any atom is 0.0794 e. The van der Waals surface area contributed by atoms with E-state index in [-0.39, 0.29) is 0 Å². The summed E-state index contributed by atoms with van der Waals surface area (Å²) in [7, 11) is 0. The molecule has 1 aromatic heterocycles. The first kappa shape index (κ1) is 17.0. The Kier molecular flexibility index (Phi) is 5.84. The number of aromatic nitrogens is 1. The van der Waals surface area contributed by atoms with E-state index in [9.17, 15) is 0 Å². The van der Waals surface area contributed by atoms with Crippen LogP contribution in [0.25, 0.3) is 0 Å². The number of nitrogens with zero attached hydrogens (tertiary/aromatic N) is 1. The summed E-state index contributed by atoms with van der Waals surface area (Å²) in [4.78, 5) is 4.54. The van der Waals surface area contributed by atoms with Crippen LogP contribution >= 0.6 is 11.3 Å². The molecule has 1 aliphatic rings. The lowest BCUT2D eigenvalue weighted by Gasteiger charge is -2.44. The second kappa shape index (κ2) is 7.23. The standard InChI is InChI=1S/C18H32N2S/c1-5-10-19-13-18(11-16-12-21-14-20-16)8-6-15(7-9-18)17(2,3)4/h12,14-15,19H,5-11,13H2,1-4H3. The molecule has 1 fully saturated rings. The average molecular weight is 309 g/mol. The third-order valence-corrected chi connectivity index (χ3v) is 5.87. The van der Waals surface area contributed by atoms with Crippen LogP contribution in [0.2, 0.25) is 0 Å². The Hall–Kier alpha value is -0.410. The first-order chi connectivity index (χ1) is 9.95. The van der Waals surface area contributed by atoms with E-state index in [2.05, 4.69) is 43.4 Å². The molecule has 0 radical (unpaired) electrons. The zero-order valence-corrected chi connectivity index (χ0v) is 15.1. The fourth-order valence-corrected chi connectivity index (χ4v) is 4.31. The van der Waals surface area contributed by atoms with Gasteiger partial charge in [0.2, 0.25) is 0 Å². The fraction of sp³-hybridized carbons (Fsp3) is 0.833. The highest BCUT2D eigenvalue weighted by molar-refractivity contribution is 7.07. The molecule has 1 saturated carbocycles. The van der Waals surface area contributed by atoms with E-state index in [1.165, 1.54) is 37.8 Å². The highest BCUT2D eigenvalue weighted by Gasteiger charge is 2.38. The molecular weight excluding hydrogens is 276 g/mol. The van der Waals surface area contributed by atoms with Gasteiger partial charge in [0, 0.05) is 11.9 Å². The van der Waals surface area contributed by atoms with Gasteiger partial charge in [0.25, 0.3) is 0 Å². The number of rotatable bonds is 6. The van der Waals surface area contributed by atoms with Crippen LogP contribution in [-0.4, -0.2) is 18.1 Å². The van der Waals surface area contributed by atoms with E-state index in [1.807, 2.05) is 5.51 Å². The first-order valence-electron chi connectivity index (χ1n) is 8.53. The van der Waals surface area contributed by atoms with Crippen LogP contribution in [0.4, 0.5) is 0 Å². The summed E-state index contributed by atoms with van der Waals surface area (Å²) >= 11 is 1.73. The second-order valence-corrected chi connectivity index (χ2v) is 8.69. The minimum absolute atomic E-state index is 0.436. The molecule has 0 bridgehead atoms. The minimum Gasteiger partial charge on any atom is -0.316 e. The van der Waals surface area contributed by atoms with Crippen LogP contribution in [0, 0.1) is 16.7 Å². The van der Waals surface area contributed by atoms with E-state index in [4.69, 9.17) is 0 Å². The number of hydrogen-bond acceptors (Lipinski definition) is 3. The average Bonchev–Trinajstić information content (AvgIpc) is 2.91. The Labute approximate surface area is 134 Å². The van der Waals surface area contributed by atoms with Gasteiger partial charge in [0.15, 0.2) is 0 Å². The summed E-state index contributed by atoms with van der Waals surface area (Å²) in [5.74, 6) is 0.882. The lowest BCUT2D eigenvalue weighted by atomic mass is 9.62. The Balaban J connectivity index is 2.00. The Morgan fingerprint density at radius 2 is 2.05 bits per heavy atom. The molecule has 0 aliphatic heterocycles. The molecule has 3 heteroatoms. The minimum atomic E-state index is 0.436. The van der Waals surface area contributed by atoms with E-state index >= 15 is 0 Å². The second-order valence-electron chi connectivity index (χ2n) is 7.97. The van der Waals surface area contributed by atoms with Crippen molar-refractivity contribution in [3.8, 4) is 0 Å². The van der Waals surface area contributed by atoms with Gasteiger partial charge in [-0.3, -0.25) is 0 Å². The molecule has 1 heterocycles. The molecule has 2 nitrogen and oxygen atoms in total. The number of thiazole rings is 1. The van der Waals surface area contributed by atoms with Crippen LogP contribution in [0.15, 0.2) is 10.9 Å². The maximum atomic E-state index is 4.54. The molecule has 120 valence electrons. The summed E-state index contributed by atoms with van der Waals surface area (Å²) in [6.07, 6.45) is 7.83. The van der Waals surface area contributed by atoms with Crippen molar-refractivity contribution in [1.82, 2.24) is 10.3 Å². The largest absolute Gasteiger partial charge is 0.316 e. The van der Waals surface area contributed by atoms with Crippen LogP contribution < -0.4 is 5.32 Å². The maximum absolute atomic E-state index is 4.54. The summed E-state index contributed by atoms with van der Waals surface area (Å²) in [6, 6.07) is 0. The van der Waals surface area contributed by atoms with Crippen molar-refractivity contribution >= 4 is 11.3 Å². The molecular formula is C18H32N2S. The van der Waals surface area contributed by atoms with Gasteiger partial charge in [-0.05, 0) is 61.8 Å². The quantitative estimate of drug-likeness (QED) is 0.755. The van der Waals surface area contributed by atoms with Crippen molar-refractivity contribution in [3.05, 3.63) is 16.6 Å². The van der Waals surface area contributed by atoms with Gasteiger partial charge in [-0.1, -0.05) is 27.7 Å². The van der Waals surface area contributed by atoms with Crippen molar-refractivity contribution in [2.45, 2.75) is 66.2 Å². The molecule has 0 aromatic carbocycles. The van der Waals surface area contributed by atoms with Crippen molar-refractivity contribution < 1.29 is 0 Å². The van der Waals surface area contributed by atoms with E-state index in [0.29, 0.717) is 10.8 Å². The lowest BCUT2D eigenvalue weighted by Crippen LogP contribution is -2.41. The Morgan fingerprint density at radius 1 is 1.33 bits per heavy atom. The molecule has 0 spiro atoms. The topological polar surface area (TPSA) is 24.9 Å². The molecule has 0 atom stereocenters. The van der Waals surface area contributed by atoms with Crippen molar-refractivity contribution in [1.29, 1.82) is 0 Å². The molecule has 1 aromatic rings. The van der Waals surface area contributed by atoms with E-state index in [0.717, 1.165) is 25.4 Å². The summed E-state index contributed by atoms with van der Waals surface area (Å²) < 4.78 is 0. The molecule has 21 heavy (non-hydrogen) atoms. The zero-order chi connectivity index (χ0) is 15.3. The van der Waals surface area contributed by atoms with Gasteiger partial charge in [-0.15, -0.1) is 11.3 Å². The lowest BCUT2D eigenvalue weighted by molar-refractivity contribution is 0.0857. The SMILES string of the molecule is CCCNCC1(Cc2cscn2)CCC(C(C)(C)C)CC1. The van der Waals surface area contributed by atoms with Gasteiger partial charge in [-0.2, -0.15) is 0 Å². The van der Waals surface area contributed by atoms with Crippen molar-refractivity contribution in [3.63, 3.8) is 0 Å². The van der Waals surface area contributed by atoms with Crippen LogP contribution in [-0.2, 0) is 6.42 Å². The van der Waals surface area contributed by atoms with Gasteiger partial charge in [0.05, 0.1) is 11.2 Å². The zero-order valence-electron chi connectivity index (χ0n) is 14.2. The van der Waals surface area contributed by atoms with Gasteiger partial charge < -0.3 is 5.32 Å². The molecule has 0 amide bonds. The van der Waals surface area contributed by atoms with Gasteiger partial charge >= 0.3 is 0 Å². The van der Waals surface area contributed by atoms with Crippen LogP contribution in [0.1, 0.15) is 65.5 Å². The molecule has 1 N–H and O–H groups in total. The normalized spacial score (nSPS) is 27.0. The van der Waals surface area contributed by atoms with E-state index < -0.39 is 0 Å². The van der Waals surface area contributed by atoms with Crippen LogP contribution in [0.5, 0.6) is 0 Å². The fourth-order valence-electron chi connectivity index (χ4n) is 3.75. The predicted molar refractivity (Wildman–Crippen MR) is 92.8 cm³/mol. The monoisotopic (exact) mass is 308 g/mol. The number of hydrogen-bond donors (Lipinski definition) is 1. The third-order valence-electron chi connectivity index (χ3n) is 5.24. The van der Waals surface area contributed by atoms with Crippen molar-refractivity contribution in [2.75, 3.05) is 13.1 Å². The highest BCUT2D eigenvalue weighted by Crippen LogP contribution is 2.46. The summed E-state index contributed by atoms with van der Waals surface area (Å²) in [6.45, 7) is 11.8. The summed E-state index contributed by atoms with van der Waals surface area (Å²) in [5, 5.41) is 5.92. The Bertz CT molecular complexity index is 397. The predicted octanol–water partition coefficient (Wildman–Crippen LogP) is 4.91. The van der Waals surface area contributed by atoms with Crippen LogP contribution in [0.3, 0.4) is 0 Å². The van der Waals surface area contributed by atoms with Gasteiger partial charge in [0.1, 0.15) is 0 Å². The number of nitrogens with one attached hydrogen (secondary N) is 1.